The van der Waals surface area contributed by atoms with Crippen molar-refractivity contribution < 1.29 is 13.9 Å². The lowest BCUT2D eigenvalue weighted by Crippen LogP contribution is -2.08. The second kappa shape index (κ2) is 4.56. The molecule has 0 bridgehead atoms. The summed E-state index contributed by atoms with van der Waals surface area (Å²) >= 11 is 0. The van der Waals surface area contributed by atoms with Gasteiger partial charge in [-0.1, -0.05) is 6.07 Å². The summed E-state index contributed by atoms with van der Waals surface area (Å²) in [5.41, 5.74) is 0.0514. The van der Waals surface area contributed by atoms with Gasteiger partial charge in [0, 0.05) is 0 Å². The van der Waals surface area contributed by atoms with Crippen molar-refractivity contribution in [1.82, 2.24) is 0 Å². The minimum Gasteiger partial charge on any atom is -0.462 e. The third-order valence-electron chi connectivity index (χ3n) is 1.94. The molecule has 0 saturated heterocycles. The molecule has 0 fully saturated rings. The molecule has 1 aromatic rings. The van der Waals surface area contributed by atoms with Crippen LogP contribution >= 0.6 is 0 Å². The summed E-state index contributed by atoms with van der Waals surface area (Å²) in [7, 11) is 0. The van der Waals surface area contributed by atoms with Crippen molar-refractivity contribution in [3.63, 3.8) is 0 Å². The average molecular weight is 207 g/mol. The molecule has 0 aliphatic rings. The molecule has 78 valence electrons. The fourth-order valence-corrected chi connectivity index (χ4v) is 1.17. The van der Waals surface area contributed by atoms with Crippen molar-refractivity contribution in [2.75, 3.05) is 6.61 Å². The standard InChI is InChI=1S/C11H10FNO2/c1-3-15-11(14)8-5-4-7(2)10(12)9(8)6-13/h4-5H,3H2,1-2H3. The van der Waals surface area contributed by atoms with E-state index in [-0.39, 0.29) is 17.7 Å². The predicted molar refractivity (Wildman–Crippen MR) is 51.8 cm³/mol. The number of halogens is 1. The van der Waals surface area contributed by atoms with Crippen LogP contribution in [0.1, 0.15) is 28.4 Å². The normalized spacial score (nSPS) is 9.47. The Morgan fingerprint density at radius 1 is 1.60 bits per heavy atom. The van der Waals surface area contributed by atoms with Crippen LogP contribution in [0.3, 0.4) is 0 Å². The zero-order valence-corrected chi connectivity index (χ0v) is 8.50. The number of ether oxygens (including phenoxy) is 1. The number of esters is 1. The molecule has 0 spiro atoms. The van der Waals surface area contributed by atoms with E-state index in [0.717, 1.165) is 0 Å². The van der Waals surface area contributed by atoms with Crippen LogP contribution in [0.4, 0.5) is 4.39 Å². The molecule has 0 aromatic heterocycles. The van der Waals surface area contributed by atoms with E-state index in [9.17, 15) is 9.18 Å². The highest BCUT2D eigenvalue weighted by molar-refractivity contribution is 5.92. The summed E-state index contributed by atoms with van der Waals surface area (Å²) in [5, 5.41) is 8.74. The van der Waals surface area contributed by atoms with Gasteiger partial charge in [0.15, 0.2) is 0 Å². The molecular weight excluding hydrogens is 197 g/mol. The number of aryl methyl sites for hydroxylation is 1. The van der Waals surface area contributed by atoms with Crippen molar-refractivity contribution >= 4 is 5.97 Å². The Hall–Kier alpha value is -1.89. The van der Waals surface area contributed by atoms with E-state index in [1.165, 1.54) is 19.1 Å². The zero-order chi connectivity index (χ0) is 11.4. The zero-order valence-electron chi connectivity index (χ0n) is 8.50. The molecule has 0 saturated carbocycles. The SMILES string of the molecule is CCOC(=O)c1ccc(C)c(F)c1C#N. The maximum absolute atomic E-state index is 13.4. The van der Waals surface area contributed by atoms with Gasteiger partial charge < -0.3 is 4.74 Å². The molecule has 3 nitrogen and oxygen atoms in total. The second-order valence-electron chi connectivity index (χ2n) is 2.95. The first-order valence-electron chi connectivity index (χ1n) is 4.48. The maximum Gasteiger partial charge on any atom is 0.339 e. The molecule has 0 amide bonds. The van der Waals surface area contributed by atoms with E-state index in [1.54, 1.807) is 13.0 Å². The van der Waals surface area contributed by atoms with Gasteiger partial charge in [-0.2, -0.15) is 5.26 Å². The summed E-state index contributed by atoms with van der Waals surface area (Å²) in [5.74, 6) is -1.34. The Labute approximate surface area is 87.1 Å². The lowest BCUT2D eigenvalue weighted by molar-refractivity contribution is 0.0525. The van der Waals surface area contributed by atoms with Crippen LogP contribution in [0.25, 0.3) is 0 Å². The molecular formula is C11H10FNO2. The molecule has 1 rings (SSSR count). The maximum atomic E-state index is 13.4. The van der Waals surface area contributed by atoms with Crippen LogP contribution in [0.5, 0.6) is 0 Å². The van der Waals surface area contributed by atoms with Crippen molar-refractivity contribution in [2.45, 2.75) is 13.8 Å². The van der Waals surface area contributed by atoms with Gasteiger partial charge in [0.1, 0.15) is 17.4 Å². The van der Waals surface area contributed by atoms with Crippen LogP contribution in [0, 0.1) is 24.1 Å². The molecule has 4 heteroatoms. The van der Waals surface area contributed by atoms with Gasteiger partial charge >= 0.3 is 5.97 Å². The van der Waals surface area contributed by atoms with Crippen molar-refractivity contribution in [3.05, 3.63) is 34.6 Å². The highest BCUT2D eigenvalue weighted by Gasteiger charge is 2.17. The van der Waals surface area contributed by atoms with Gasteiger partial charge in [-0.3, -0.25) is 0 Å². The summed E-state index contributed by atoms with van der Waals surface area (Å²) in [4.78, 5) is 11.3. The molecule has 0 radical (unpaired) electrons. The Morgan fingerprint density at radius 3 is 2.80 bits per heavy atom. The highest BCUT2D eigenvalue weighted by Crippen LogP contribution is 2.17. The van der Waals surface area contributed by atoms with E-state index in [0.29, 0.717) is 5.56 Å². The Bertz CT molecular complexity index is 435. The van der Waals surface area contributed by atoms with Crippen LogP contribution in [0.2, 0.25) is 0 Å². The van der Waals surface area contributed by atoms with Crippen LogP contribution in [-0.4, -0.2) is 12.6 Å². The number of rotatable bonds is 2. The first-order chi connectivity index (χ1) is 7.11. The predicted octanol–water partition coefficient (Wildman–Crippen LogP) is 2.18. The molecule has 0 N–H and O–H groups in total. The summed E-state index contributed by atoms with van der Waals surface area (Å²) < 4.78 is 18.1. The van der Waals surface area contributed by atoms with Gasteiger partial charge in [0.05, 0.1) is 12.2 Å². The summed E-state index contributed by atoms with van der Waals surface area (Å²) in [6, 6.07) is 4.51. The minimum atomic E-state index is -0.673. The molecule has 0 heterocycles. The van der Waals surface area contributed by atoms with Gasteiger partial charge in [0.2, 0.25) is 0 Å². The number of hydrogen-bond donors (Lipinski definition) is 0. The molecule has 0 unspecified atom stereocenters. The lowest BCUT2D eigenvalue weighted by atomic mass is 10.0. The van der Waals surface area contributed by atoms with Crippen molar-refractivity contribution in [3.8, 4) is 6.07 Å². The second-order valence-corrected chi connectivity index (χ2v) is 2.95. The van der Waals surface area contributed by atoms with Crippen molar-refractivity contribution in [1.29, 1.82) is 5.26 Å². The van der Waals surface area contributed by atoms with E-state index < -0.39 is 11.8 Å². The quantitative estimate of drug-likeness (QED) is 0.698. The minimum absolute atomic E-state index is 0.0255. The Morgan fingerprint density at radius 2 is 2.27 bits per heavy atom. The number of carbonyl (C=O) groups excluding carboxylic acids is 1. The first-order valence-corrected chi connectivity index (χ1v) is 4.48. The lowest BCUT2D eigenvalue weighted by Gasteiger charge is -2.05. The van der Waals surface area contributed by atoms with E-state index >= 15 is 0 Å². The fraction of sp³-hybridized carbons (Fsp3) is 0.273. The highest BCUT2D eigenvalue weighted by atomic mass is 19.1. The average Bonchev–Trinajstić information content (AvgIpc) is 2.22. The molecule has 1 aromatic carbocycles. The number of benzene rings is 1. The number of hydrogen-bond acceptors (Lipinski definition) is 3. The Kier molecular flexibility index (Phi) is 3.40. The van der Waals surface area contributed by atoms with Crippen LogP contribution in [0.15, 0.2) is 12.1 Å². The summed E-state index contributed by atoms with van der Waals surface area (Å²) in [6.45, 7) is 3.37. The van der Waals surface area contributed by atoms with Gasteiger partial charge in [-0.25, -0.2) is 9.18 Å². The number of nitrogens with zero attached hydrogens (tertiary/aromatic N) is 1. The van der Waals surface area contributed by atoms with Crippen LogP contribution in [-0.2, 0) is 4.74 Å². The fourth-order valence-electron chi connectivity index (χ4n) is 1.17. The molecule has 0 aliphatic carbocycles. The Balaban J connectivity index is 3.26. The molecule has 0 aliphatic heterocycles. The monoisotopic (exact) mass is 207 g/mol. The number of carbonyl (C=O) groups is 1. The molecule has 0 atom stereocenters. The van der Waals surface area contributed by atoms with Crippen molar-refractivity contribution in [2.24, 2.45) is 0 Å². The largest absolute Gasteiger partial charge is 0.462 e. The summed E-state index contributed by atoms with van der Waals surface area (Å²) in [6.07, 6.45) is 0. The smallest absolute Gasteiger partial charge is 0.339 e. The molecule has 15 heavy (non-hydrogen) atoms. The third kappa shape index (κ3) is 2.13. The van der Waals surface area contributed by atoms with Crippen LogP contribution < -0.4 is 0 Å². The van der Waals surface area contributed by atoms with Gasteiger partial charge in [-0.05, 0) is 25.5 Å². The van der Waals surface area contributed by atoms with E-state index in [4.69, 9.17) is 10.00 Å². The van der Waals surface area contributed by atoms with Gasteiger partial charge in [0.25, 0.3) is 0 Å². The van der Waals surface area contributed by atoms with E-state index in [2.05, 4.69) is 0 Å². The van der Waals surface area contributed by atoms with Gasteiger partial charge in [-0.15, -0.1) is 0 Å². The topological polar surface area (TPSA) is 50.1 Å². The third-order valence-corrected chi connectivity index (χ3v) is 1.94. The van der Waals surface area contributed by atoms with E-state index in [1.807, 2.05) is 0 Å². The number of nitriles is 1. The first kappa shape index (κ1) is 11.2.